The molecule has 264 valence electrons. The van der Waals surface area contributed by atoms with Crippen molar-refractivity contribution in [2.24, 2.45) is 29.6 Å². The van der Waals surface area contributed by atoms with Gasteiger partial charge in [0.15, 0.2) is 0 Å². The van der Waals surface area contributed by atoms with Gasteiger partial charge in [-0.25, -0.2) is 0 Å². The molecule has 1 unspecified atom stereocenters. The maximum Gasteiger partial charge on any atom is 0.310 e. The number of esters is 1. The number of rotatable bonds is 6. The minimum absolute atomic E-state index is 0.0534. The van der Waals surface area contributed by atoms with Crippen LogP contribution in [-0.2, 0) is 27.2 Å². The van der Waals surface area contributed by atoms with Crippen molar-refractivity contribution in [3.05, 3.63) is 70.5 Å². The van der Waals surface area contributed by atoms with Crippen molar-refractivity contribution in [1.29, 1.82) is 0 Å². The molecule has 2 aromatic carbocycles. The Morgan fingerprint density at radius 1 is 0.920 bits per heavy atom. The summed E-state index contributed by atoms with van der Waals surface area (Å²) in [4.78, 5) is 39.3. The Hall–Kier alpha value is -3.42. The molecular formula is C43H54N4O3. The zero-order valence-corrected chi connectivity index (χ0v) is 30.5. The largest absolute Gasteiger partial charge is 0.469 e. The molecule has 1 saturated carbocycles. The normalized spacial score (nSPS) is 34.9. The second-order valence-corrected chi connectivity index (χ2v) is 16.7. The number of methoxy groups -OCH3 is 1. The predicted molar refractivity (Wildman–Crippen MR) is 198 cm³/mol. The predicted octanol–water partition coefficient (Wildman–Crippen LogP) is 7.58. The maximum absolute atomic E-state index is 13.7. The lowest BCUT2D eigenvalue weighted by Gasteiger charge is -2.57. The van der Waals surface area contributed by atoms with Crippen molar-refractivity contribution in [2.75, 3.05) is 27.2 Å². The fourth-order valence-electron chi connectivity index (χ4n) is 12.3. The third-order valence-electron chi connectivity index (χ3n) is 14.5. The highest BCUT2D eigenvalue weighted by atomic mass is 16.5. The van der Waals surface area contributed by atoms with Crippen molar-refractivity contribution >= 4 is 33.6 Å². The van der Waals surface area contributed by atoms with Crippen LogP contribution in [0.4, 0.5) is 0 Å². The topological polar surface area (TPSA) is 81.4 Å². The molecular weight excluding hydrogens is 620 g/mol. The second-order valence-electron chi connectivity index (χ2n) is 16.7. The number of aromatic amines is 2. The van der Waals surface area contributed by atoms with Crippen LogP contribution in [0.25, 0.3) is 21.8 Å². The van der Waals surface area contributed by atoms with Crippen LogP contribution in [0.15, 0.2) is 42.5 Å². The average molecular weight is 675 g/mol. The van der Waals surface area contributed by atoms with Gasteiger partial charge in [0, 0.05) is 82.7 Å². The van der Waals surface area contributed by atoms with Gasteiger partial charge in [-0.3, -0.25) is 14.5 Å². The van der Waals surface area contributed by atoms with E-state index in [-0.39, 0.29) is 29.8 Å². The number of benzene rings is 2. The first kappa shape index (κ1) is 32.5. The number of carbonyl (C=O) groups excluding carboxylic acids is 2. The fraction of sp³-hybridized carbons (Fsp3) is 0.581. The lowest BCUT2D eigenvalue weighted by Crippen LogP contribution is -2.61. The monoisotopic (exact) mass is 674 g/mol. The molecule has 6 bridgehead atoms. The summed E-state index contributed by atoms with van der Waals surface area (Å²) in [5.41, 5.74) is 9.42. The van der Waals surface area contributed by atoms with Gasteiger partial charge in [0.05, 0.1) is 13.0 Å². The van der Waals surface area contributed by atoms with Crippen LogP contribution >= 0.6 is 0 Å². The van der Waals surface area contributed by atoms with E-state index in [2.05, 4.69) is 83.1 Å². The van der Waals surface area contributed by atoms with Gasteiger partial charge >= 0.3 is 5.97 Å². The molecule has 2 aromatic heterocycles. The number of piperidine rings is 3. The van der Waals surface area contributed by atoms with E-state index in [4.69, 9.17) is 4.74 Å². The molecule has 50 heavy (non-hydrogen) atoms. The van der Waals surface area contributed by atoms with Gasteiger partial charge in [0.25, 0.3) is 0 Å². The van der Waals surface area contributed by atoms with E-state index >= 15 is 0 Å². The van der Waals surface area contributed by atoms with Crippen molar-refractivity contribution in [3.63, 3.8) is 0 Å². The number of ether oxygens (including phenoxy) is 1. The molecule has 4 aliphatic heterocycles. The summed E-state index contributed by atoms with van der Waals surface area (Å²) in [7, 11) is 3.78. The van der Waals surface area contributed by atoms with Gasteiger partial charge in [-0.15, -0.1) is 0 Å². The Kier molecular flexibility index (Phi) is 8.04. The van der Waals surface area contributed by atoms with Crippen molar-refractivity contribution < 1.29 is 14.3 Å². The molecule has 10 rings (SSSR count). The number of nitrogens with one attached hydrogen (secondary N) is 2. The van der Waals surface area contributed by atoms with Gasteiger partial charge in [-0.2, -0.15) is 0 Å². The number of hydrogen-bond donors (Lipinski definition) is 2. The first-order chi connectivity index (χ1) is 24.3. The summed E-state index contributed by atoms with van der Waals surface area (Å²) in [6, 6.07) is 17.0. The summed E-state index contributed by atoms with van der Waals surface area (Å²) in [5.74, 6) is 2.74. The summed E-state index contributed by atoms with van der Waals surface area (Å²) in [6.07, 6.45) is 8.21. The Morgan fingerprint density at radius 2 is 1.70 bits per heavy atom. The van der Waals surface area contributed by atoms with Gasteiger partial charge in [0.2, 0.25) is 0 Å². The Morgan fingerprint density at radius 3 is 2.48 bits per heavy atom. The van der Waals surface area contributed by atoms with Crippen LogP contribution in [0.3, 0.4) is 0 Å². The molecule has 2 N–H and O–H groups in total. The number of H-pyrrole nitrogens is 2. The van der Waals surface area contributed by atoms with Crippen LogP contribution in [0, 0.1) is 29.6 Å². The first-order valence-corrected chi connectivity index (χ1v) is 19.6. The molecule has 6 heterocycles. The number of likely N-dealkylation sites (N-methyl/N-ethyl adjacent to an activating group) is 1. The van der Waals surface area contributed by atoms with E-state index < -0.39 is 0 Å². The Bertz CT molecular complexity index is 1960. The minimum Gasteiger partial charge on any atom is -0.469 e. The lowest BCUT2D eigenvalue weighted by molar-refractivity contribution is -0.155. The molecule has 4 fully saturated rings. The van der Waals surface area contributed by atoms with Gasteiger partial charge < -0.3 is 19.6 Å². The third-order valence-corrected chi connectivity index (χ3v) is 14.5. The van der Waals surface area contributed by atoms with Gasteiger partial charge in [0.1, 0.15) is 5.78 Å². The SMILES string of the molecule is CC[C@@H]1CN(C)[C@H]2Cc3c([nH]c4ccccc34)[C@H](c3ccc4c5c([nH]c4c3)[C@@H]3C[C@@H]4C[C@H](CC)[C@@H]3N(CC5)[C@@H]4CC(C)=O)C[C@H]1[C@@H]2C(=O)OC. The highest BCUT2D eigenvalue weighted by Gasteiger charge is 2.54. The third kappa shape index (κ3) is 4.89. The molecule has 11 atom stereocenters. The number of ketones is 1. The van der Waals surface area contributed by atoms with Crippen LogP contribution in [0.1, 0.15) is 99.2 Å². The maximum atomic E-state index is 13.7. The van der Waals surface area contributed by atoms with Crippen molar-refractivity contribution in [2.45, 2.75) is 102 Å². The first-order valence-electron chi connectivity index (χ1n) is 19.6. The van der Waals surface area contributed by atoms with Crippen LogP contribution in [0.5, 0.6) is 0 Å². The van der Waals surface area contributed by atoms with Crippen LogP contribution in [-0.4, -0.2) is 76.9 Å². The van der Waals surface area contributed by atoms with E-state index in [1.54, 1.807) is 14.0 Å². The molecule has 7 heteroatoms. The van der Waals surface area contributed by atoms with Crippen LogP contribution in [0.2, 0.25) is 0 Å². The summed E-state index contributed by atoms with van der Waals surface area (Å²) < 4.78 is 5.57. The van der Waals surface area contributed by atoms with E-state index in [1.807, 2.05) is 0 Å². The fourth-order valence-corrected chi connectivity index (χ4v) is 12.3. The molecule has 6 aliphatic rings. The number of hydrogen-bond acceptors (Lipinski definition) is 5. The smallest absolute Gasteiger partial charge is 0.310 e. The van der Waals surface area contributed by atoms with E-state index in [1.165, 1.54) is 69.1 Å². The molecule has 7 nitrogen and oxygen atoms in total. The standard InChI is InChI=1S/C43H54N4O3/c1-6-24-17-27-18-34-40-30(14-15-47(42(24)34)37(27)16-23(3)48)29-13-12-26(19-36(29)45-40)32-20-31-25(7-2)22-46(4)38(39(31)43(49)50-5)21-33-28-10-8-9-11-35(28)44-41(32)33/h8-13,19,24-25,27,31-32,34,37-39,42,44-45H,6-7,14-18,20-22H2,1-5H3/t24-,25+,27-,31+,32-,34-,37+,38-,39-,42-/m0/s1. The molecule has 0 radical (unpaired) electrons. The second kappa shape index (κ2) is 12.4. The van der Waals surface area contributed by atoms with Crippen molar-refractivity contribution in [3.8, 4) is 0 Å². The molecule has 0 spiro atoms. The highest BCUT2D eigenvalue weighted by Crippen LogP contribution is 2.55. The number of carbonyl (C=O) groups is 2. The highest BCUT2D eigenvalue weighted by molar-refractivity contribution is 5.88. The average Bonchev–Trinajstić information content (AvgIpc) is 3.63. The van der Waals surface area contributed by atoms with E-state index in [0.29, 0.717) is 48.0 Å². The van der Waals surface area contributed by atoms with Crippen molar-refractivity contribution in [1.82, 2.24) is 19.8 Å². The Balaban J connectivity index is 1.16. The lowest BCUT2D eigenvalue weighted by atomic mass is 9.62. The number of aromatic nitrogens is 2. The molecule has 0 amide bonds. The van der Waals surface area contributed by atoms with Gasteiger partial charge in [-0.1, -0.05) is 57.0 Å². The van der Waals surface area contributed by atoms with E-state index in [9.17, 15) is 9.59 Å². The number of likely N-dealkylation sites (tertiary alicyclic amines) is 1. The molecule has 3 saturated heterocycles. The van der Waals surface area contributed by atoms with Gasteiger partial charge in [-0.05, 0) is 98.6 Å². The minimum atomic E-state index is -0.152. The zero-order chi connectivity index (χ0) is 34.4. The quantitative estimate of drug-likeness (QED) is 0.206. The summed E-state index contributed by atoms with van der Waals surface area (Å²) in [6.45, 7) is 8.49. The number of fused-ring (bicyclic) bond motifs is 9. The number of Topliss-reactive ketones (excluding diaryl/α,β-unsaturated/α-hetero) is 1. The molecule has 4 aromatic rings. The van der Waals surface area contributed by atoms with Crippen LogP contribution < -0.4 is 0 Å². The zero-order valence-electron chi connectivity index (χ0n) is 30.5. The number of para-hydroxylation sites is 1. The molecule has 2 aliphatic carbocycles. The summed E-state index contributed by atoms with van der Waals surface area (Å²) in [5, 5.41) is 2.64. The van der Waals surface area contributed by atoms with E-state index in [0.717, 1.165) is 38.8 Å². The number of nitrogens with zero attached hydrogens (tertiary/aromatic N) is 2. The summed E-state index contributed by atoms with van der Waals surface area (Å²) >= 11 is 0. The Labute approximate surface area is 296 Å².